The van der Waals surface area contributed by atoms with Crippen LogP contribution in [0.3, 0.4) is 0 Å². The van der Waals surface area contributed by atoms with Crippen LogP contribution in [0.5, 0.6) is 5.75 Å². The van der Waals surface area contributed by atoms with Crippen LogP contribution in [0.4, 0.5) is 0 Å². The van der Waals surface area contributed by atoms with Gasteiger partial charge in [-0.1, -0.05) is 26.0 Å². The van der Waals surface area contributed by atoms with E-state index in [1.54, 1.807) is 6.20 Å². The summed E-state index contributed by atoms with van der Waals surface area (Å²) in [6.45, 7) is 6.41. The number of hydrogen-bond donors (Lipinski definition) is 1. The lowest BCUT2D eigenvalue weighted by Crippen LogP contribution is -2.22. The molecule has 0 atom stereocenters. The zero-order valence-electron chi connectivity index (χ0n) is 11.8. The third-order valence-electron chi connectivity index (χ3n) is 2.88. The second-order valence-electron chi connectivity index (χ2n) is 4.88. The molecule has 0 aliphatic carbocycles. The number of nitrogens with zero attached hydrogens (tertiary/aromatic N) is 2. The number of nitrogens with one attached hydrogen (secondary N) is 1. The lowest BCUT2D eigenvalue weighted by Gasteiger charge is -2.15. The first-order valence-corrected chi connectivity index (χ1v) is 7.57. The van der Waals surface area contributed by atoms with Crippen LogP contribution in [0.1, 0.15) is 19.4 Å². The summed E-state index contributed by atoms with van der Waals surface area (Å²) in [5, 5.41) is 7.58. The number of hydrogen-bond acceptors (Lipinski definition) is 3. The molecule has 1 heterocycles. The summed E-state index contributed by atoms with van der Waals surface area (Å²) in [6.07, 6.45) is 3.71. The van der Waals surface area contributed by atoms with E-state index >= 15 is 0 Å². The van der Waals surface area contributed by atoms with Gasteiger partial charge in [0, 0.05) is 30.5 Å². The quantitative estimate of drug-likeness (QED) is 0.843. The Morgan fingerprint density at radius 2 is 2.20 bits per heavy atom. The number of para-hydroxylation sites is 1. The van der Waals surface area contributed by atoms with Gasteiger partial charge in [0.2, 0.25) is 0 Å². The van der Waals surface area contributed by atoms with Crippen molar-refractivity contribution in [2.75, 3.05) is 6.61 Å². The average Bonchev–Trinajstić information content (AvgIpc) is 2.92. The molecule has 0 bridgehead atoms. The second-order valence-corrected chi connectivity index (χ2v) is 5.74. The van der Waals surface area contributed by atoms with E-state index in [4.69, 9.17) is 4.74 Å². The molecule has 0 fully saturated rings. The van der Waals surface area contributed by atoms with Gasteiger partial charge in [0.25, 0.3) is 0 Å². The highest BCUT2D eigenvalue weighted by atomic mass is 79.9. The van der Waals surface area contributed by atoms with Gasteiger partial charge in [-0.3, -0.25) is 4.68 Å². The van der Waals surface area contributed by atoms with Gasteiger partial charge in [-0.15, -0.1) is 0 Å². The minimum atomic E-state index is 0.450. The van der Waals surface area contributed by atoms with Crippen LogP contribution in [0, 0.1) is 0 Å². The normalized spacial score (nSPS) is 11.0. The molecule has 0 amide bonds. The van der Waals surface area contributed by atoms with Gasteiger partial charge in [0.15, 0.2) is 0 Å². The fourth-order valence-electron chi connectivity index (χ4n) is 1.84. The Kier molecular flexibility index (Phi) is 5.61. The fourth-order valence-corrected chi connectivity index (χ4v) is 2.36. The number of aromatic nitrogens is 2. The molecule has 0 saturated heterocycles. The van der Waals surface area contributed by atoms with Gasteiger partial charge in [-0.25, -0.2) is 0 Å². The maximum absolute atomic E-state index is 5.93. The molecule has 0 radical (unpaired) electrons. The molecule has 5 heteroatoms. The summed E-state index contributed by atoms with van der Waals surface area (Å²) in [7, 11) is 0. The Labute approximate surface area is 128 Å². The maximum atomic E-state index is 5.93. The van der Waals surface area contributed by atoms with E-state index in [1.165, 1.54) is 0 Å². The number of rotatable bonds is 7. The van der Waals surface area contributed by atoms with Crippen LogP contribution in [-0.2, 0) is 13.1 Å². The van der Waals surface area contributed by atoms with E-state index in [0.29, 0.717) is 12.6 Å². The van der Waals surface area contributed by atoms with E-state index in [-0.39, 0.29) is 0 Å². The first-order valence-electron chi connectivity index (χ1n) is 6.78. The lowest BCUT2D eigenvalue weighted by atomic mass is 10.2. The molecule has 2 rings (SSSR count). The highest BCUT2D eigenvalue weighted by Crippen LogP contribution is 2.29. The van der Waals surface area contributed by atoms with Crippen molar-refractivity contribution in [2.24, 2.45) is 0 Å². The molecule has 1 aromatic heterocycles. The molecule has 20 heavy (non-hydrogen) atoms. The molecular formula is C15H20BrN3O. The van der Waals surface area contributed by atoms with Crippen LogP contribution in [-0.4, -0.2) is 22.4 Å². The molecule has 2 aromatic rings. The molecule has 0 unspecified atom stereocenters. The maximum Gasteiger partial charge on any atom is 0.138 e. The smallest absolute Gasteiger partial charge is 0.138 e. The topological polar surface area (TPSA) is 39.1 Å². The Balaban J connectivity index is 1.97. The second kappa shape index (κ2) is 7.45. The molecule has 0 aliphatic rings. The van der Waals surface area contributed by atoms with Gasteiger partial charge >= 0.3 is 0 Å². The highest BCUT2D eigenvalue weighted by Gasteiger charge is 2.08. The Morgan fingerprint density at radius 1 is 1.35 bits per heavy atom. The summed E-state index contributed by atoms with van der Waals surface area (Å²) in [5.41, 5.74) is 1.16. The Morgan fingerprint density at radius 3 is 2.90 bits per heavy atom. The standard InChI is InChI=1S/C15H20BrN3O/c1-12(2)17-11-13-5-3-6-14(16)15(13)20-10-9-19-8-4-7-18-19/h3-8,12,17H,9-11H2,1-2H3. The van der Waals surface area contributed by atoms with Crippen LogP contribution in [0.15, 0.2) is 41.1 Å². The van der Waals surface area contributed by atoms with E-state index in [2.05, 4.69) is 46.3 Å². The lowest BCUT2D eigenvalue weighted by molar-refractivity contribution is 0.286. The van der Waals surface area contributed by atoms with E-state index in [0.717, 1.165) is 28.9 Å². The van der Waals surface area contributed by atoms with Crippen LogP contribution in [0.25, 0.3) is 0 Å². The van der Waals surface area contributed by atoms with Crippen LogP contribution < -0.4 is 10.1 Å². The van der Waals surface area contributed by atoms with Crippen LogP contribution >= 0.6 is 15.9 Å². The molecule has 1 aromatic carbocycles. The predicted molar refractivity (Wildman–Crippen MR) is 83.8 cm³/mol. The van der Waals surface area contributed by atoms with Crippen molar-refractivity contribution < 1.29 is 4.74 Å². The molecule has 108 valence electrons. The first-order chi connectivity index (χ1) is 9.66. The third kappa shape index (κ3) is 4.35. The van der Waals surface area contributed by atoms with Crippen molar-refractivity contribution in [1.82, 2.24) is 15.1 Å². The zero-order valence-corrected chi connectivity index (χ0v) is 13.4. The fraction of sp³-hybridized carbons (Fsp3) is 0.400. The van der Waals surface area contributed by atoms with E-state index in [1.807, 2.05) is 29.1 Å². The molecular weight excluding hydrogens is 318 g/mol. The summed E-state index contributed by atoms with van der Waals surface area (Å²) in [4.78, 5) is 0. The first kappa shape index (κ1) is 15.1. The molecule has 0 spiro atoms. The minimum absolute atomic E-state index is 0.450. The van der Waals surface area contributed by atoms with Crippen LogP contribution in [0.2, 0.25) is 0 Å². The zero-order chi connectivity index (χ0) is 14.4. The predicted octanol–water partition coefficient (Wildman–Crippen LogP) is 3.22. The van der Waals surface area contributed by atoms with Gasteiger partial charge in [0.1, 0.15) is 12.4 Å². The van der Waals surface area contributed by atoms with Crippen molar-refractivity contribution in [3.8, 4) is 5.75 Å². The highest BCUT2D eigenvalue weighted by molar-refractivity contribution is 9.10. The summed E-state index contributed by atoms with van der Waals surface area (Å²) in [5.74, 6) is 0.910. The van der Waals surface area contributed by atoms with Gasteiger partial charge in [-0.05, 0) is 28.1 Å². The number of halogens is 1. The van der Waals surface area contributed by atoms with Crippen molar-refractivity contribution >= 4 is 15.9 Å². The van der Waals surface area contributed by atoms with E-state index in [9.17, 15) is 0 Å². The summed E-state index contributed by atoms with van der Waals surface area (Å²) in [6, 6.07) is 8.48. The summed E-state index contributed by atoms with van der Waals surface area (Å²) < 4.78 is 8.78. The van der Waals surface area contributed by atoms with Gasteiger partial charge < -0.3 is 10.1 Å². The molecule has 4 nitrogen and oxygen atoms in total. The number of ether oxygens (including phenoxy) is 1. The van der Waals surface area contributed by atoms with Gasteiger partial charge in [-0.2, -0.15) is 5.10 Å². The largest absolute Gasteiger partial charge is 0.490 e. The monoisotopic (exact) mass is 337 g/mol. The average molecular weight is 338 g/mol. The van der Waals surface area contributed by atoms with Crippen molar-refractivity contribution in [3.63, 3.8) is 0 Å². The van der Waals surface area contributed by atoms with Crippen molar-refractivity contribution in [1.29, 1.82) is 0 Å². The Hall–Kier alpha value is -1.33. The van der Waals surface area contributed by atoms with Crippen molar-refractivity contribution in [2.45, 2.75) is 33.0 Å². The molecule has 0 aliphatic heterocycles. The van der Waals surface area contributed by atoms with Crippen molar-refractivity contribution in [3.05, 3.63) is 46.7 Å². The number of benzene rings is 1. The molecule has 0 saturated carbocycles. The third-order valence-corrected chi connectivity index (χ3v) is 3.50. The molecule has 1 N–H and O–H groups in total. The SMILES string of the molecule is CC(C)NCc1cccc(Br)c1OCCn1cccn1. The summed E-state index contributed by atoms with van der Waals surface area (Å²) >= 11 is 3.56. The Bertz CT molecular complexity index is 526. The van der Waals surface area contributed by atoms with Gasteiger partial charge in [0.05, 0.1) is 11.0 Å². The van der Waals surface area contributed by atoms with E-state index < -0.39 is 0 Å². The minimum Gasteiger partial charge on any atom is -0.490 e.